The van der Waals surface area contributed by atoms with Gasteiger partial charge in [-0.1, -0.05) is 137 Å². The van der Waals surface area contributed by atoms with Gasteiger partial charge in [-0.2, -0.15) is 0 Å². The summed E-state index contributed by atoms with van der Waals surface area (Å²) >= 11 is 0. The highest BCUT2D eigenvalue weighted by molar-refractivity contribution is 5.88. The number of benzene rings is 6. The summed E-state index contributed by atoms with van der Waals surface area (Å²) in [4.78, 5) is 4.69. The molecule has 0 amide bonds. The highest BCUT2D eigenvalue weighted by Crippen LogP contribution is 2.52. The van der Waals surface area contributed by atoms with Crippen molar-refractivity contribution in [2.24, 2.45) is 0 Å². The van der Waals surface area contributed by atoms with Crippen LogP contribution in [0.2, 0.25) is 0 Å². The van der Waals surface area contributed by atoms with Crippen LogP contribution < -0.4 is 9.80 Å². The number of para-hydroxylation sites is 2. The zero-order chi connectivity index (χ0) is 38.0. The predicted octanol–water partition coefficient (Wildman–Crippen LogP) is 14.1. The molecule has 2 heteroatoms. The summed E-state index contributed by atoms with van der Waals surface area (Å²) in [6.45, 7) is 9.26. The first kappa shape index (κ1) is 33.6. The van der Waals surface area contributed by atoms with Crippen molar-refractivity contribution in [2.75, 3.05) is 9.80 Å². The fraction of sp³-hybridized carbons (Fsp3) is 0.111. The Balaban J connectivity index is 1.06. The van der Waals surface area contributed by atoms with Crippen molar-refractivity contribution in [1.29, 1.82) is 0 Å². The van der Waals surface area contributed by atoms with Gasteiger partial charge in [0, 0.05) is 56.5 Å². The maximum Gasteiger partial charge on any atom is 0.0557 e. The molecule has 2 aliphatic rings. The molecule has 0 unspecified atom stereocenters. The Labute approximate surface area is 331 Å². The molecule has 0 aromatic heterocycles. The zero-order valence-electron chi connectivity index (χ0n) is 32.1. The van der Waals surface area contributed by atoms with Gasteiger partial charge >= 0.3 is 0 Å². The average Bonchev–Trinajstić information content (AvgIpc) is 3.61. The molecule has 0 atom stereocenters. The Kier molecular flexibility index (Phi) is 7.67. The summed E-state index contributed by atoms with van der Waals surface area (Å²) in [6.07, 6.45) is 0. The average molecular weight is 717 g/mol. The molecule has 0 fully saturated rings. The Morgan fingerprint density at radius 1 is 0.393 bits per heavy atom. The topological polar surface area (TPSA) is 6.48 Å². The molecule has 0 spiro atoms. The van der Waals surface area contributed by atoms with E-state index >= 15 is 0 Å². The van der Waals surface area contributed by atoms with Gasteiger partial charge in [-0.05, 0) is 123 Å². The molecule has 0 radical (unpaired) electrons. The highest BCUT2D eigenvalue weighted by atomic mass is 15.1. The SMILES string of the molecule is CC1(C)c2c#cccc2-c2ccc(N(c3ccccc3)c3cccc(-c4c#ccc(N(c5ccccc5)c5ccc6c(c5)C(C)(C)c5ccccc5-6)c4)c3)cc21. The maximum absolute atomic E-state index is 3.47. The first-order valence-corrected chi connectivity index (χ1v) is 19.4. The third kappa shape index (κ3) is 5.30. The standard InChI is InChI=1S/C54H40N2/c1-53(2)49-27-13-11-25-45(49)47-31-29-43(35-51(47)53)55(39-19-7-5-8-20-39)41-23-15-17-37(33-41)38-18-16-24-42(34-38)56(40-21-9-6-10-22-40)44-30-32-48-46-26-12-14-28-50(46)54(3,4)52(48)36-44/h5-13,16,18-27,29-36H,1-4H3. The lowest BCUT2D eigenvalue weighted by molar-refractivity contribution is 0.660. The van der Waals surface area contributed by atoms with Gasteiger partial charge in [-0.3, -0.25) is 0 Å². The van der Waals surface area contributed by atoms with Crippen LogP contribution in [0.1, 0.15) is 49.9 Å². The zero-order valence-corrected chi connectivity index (χ0v) is 32.1. The summed E-state index contributed by atoms with van der Waals surface area (Å²) in [5, 5.41) is 0. The molecule has 10 rings (SSSR count). The molecule has 0 aliphatic heterocycles. The van der Waals surface area contributed by atoms with Crippen molar-refractivity contribution in [1.82, 2.24) is 0 Å². The van der Waals surface area contributed by atoms with E-state index in [1.807, 2.05) is 12.1 Å². The number of anilines is 6. The molecule has 0 heterocycles. The van der Waals surface area contributed by atoms with Gasteiger partial charge in [0.05, 0.1) is 5.69 Å². The Bertz CT molecular complexity index is 2570. The molecule has 2 aliphatic carbocycles. The molecule has 8 aromatic rings. The fourth-order valence-corrected chi connectivity index (χ4v) is 9.06. The summed E-state index contributed by atoms with van der Waals surface area (Å²) in [6, 6.07) is 74.6. The van der Waals surface area contributed by atoms with Gasteiger partial charge in [0.25, 0.3) is 0 Å². The second-order valence-electron chi connectivity index (χ2n) is 15.9. The minimum absolute atomic E-state index is 0.104. The molecule has 0 bridgehead atoms. The van der Waals surface area contributed by atoms with Gasteiger partial charge in [0.15, 0.2) is 0 Å². The van der Waals surface area contributed by atoms with Crippen molar-refractivity contribution in [2.45, 2.75) is 38.5 Å². The predicted molar refractivity (Wildman–Crippen MR) is 232 cm³/mol. The maximum atomic E-state index is 3.47. The van der Waals surface area contributed by atoms with Crippen molar-refractivity contribution >= 4 is 34.1 Å². The Morgan fingerprint density at radius 3 is 1.68 bits per heavy atom. The van der Waals surface area contributed by atoms with Crippen LogP contribution in [0.25, 0.3) is 33.4 Å². The molecule has 0 saturated heterocycles. The van der Waals surface area contributed by atoms with Gasteiger partial charge in [0.1, 0.15) is 0 Å². The molecular weight excluding hydrogens is 677 g/mol. The lowest BCUT2D eigenvalue weighted by Gasteiger charge is -2.28. The normalized spacial score (nSPS) is 13.7. The van der Waals surface area contributed by atoms with Crippen LogP contribution in [0.5, 0.6) is 0 Å². The van der Waals surface area contributed by atoms with E-state index in [0.29, 0.717) is 0 Å². The van der Waals surface area contributed by atoms with Crippen LogP contribution in [0.3, 0.4) is 0 Å². The number of fused-ring (bicyclic) bond motifs is 6. The minimum Gasteiger partial charge on any atom is -0.310 e. The van der Waals surface area contributed by atoms with Crippen LogP contribution in [-0.4, -0.2) is 0 Å². The first-order valence-electron chi connectivity index (χ1n) is 19.4. The van der Waals surface area contributed by atoms with Gasteiger partial charge in [0.2, 0.25) is 0 Å². The molecule has 0 N–H and O–H groups in total. The quantitative estimate of drug-likeness (QED) is 0.162. The van der Waals surface area contributed by atoms with Crippen molar-refractivity contribution in [3.05, 3.63) is 216 Å². The molecule has 2 nitrogen and oxygen atoms in total. The number of rotatable bonds is 7. The number of nitrogens with zero attached hydrogens (tertiary/aromatic N) is 2. The number of hydrogen-bond acceptors (Lipinski definition) is 2. The van der Waals surface area contributed by atoms with E-state index < -0.39 is 0 Å². The summed E-state index contributed by atoms with van der Waals surface area (Å²) in [5.74, 6) is 0. The van der Waals surface area contributed by atoms with E-state index in [2.05, 4.69) is 219 Å². The van der Waals surface area contributed by atoms with E-state index in [0.717, 1.165) is 45.3 Å². The smallest absolute Gasteiger partial charge is 0.0557 e. The van der Waals surface area contributed by atoms with Crippen molar-refractivity contribution in [3.8, 4) is 33.4 Å². The lowest BCUT2D eigenvalue weighted by Crippen LogP contribution is -2.16. The largest absolute Gasteiger partial charge is 0.310 e. The monoisotopic (exact) mass is 716 g/mol. The van der Waals surface area contributed by atoms with E-state index in [1.54, 1.807) is 0 Å². The van der Waals surface area contributed by atoms with E-state index in [9.17, 15) is 0 Å². The van der Waals surface area contributed by atoms with Gasteiger partial charge in [-0.15, -0.1) is 0 Å². The molecule has 0 saturated carbocycles. The second-order valence-corrected chi connectivity index (χ2v) is 15.9. The second kappa shape index (κ2) is 12.8. The summed E-state index contributed by atoms with van der Waals surface area (Å²) in [5.41, 5.74) is 18.6. The van der Waals surface area contributed by atoms with Crippen LogP contribution >= 0.6 is 0 Å². The van der Waals surface area contributed by atoms with E-state index in [1.165, 1.54) is 44.5 Å². The third-order valence-electron chi connectivity index (χ3n) is 11.9. The Hall–Kier alpha value is -7.00. The van der Waals surface area contributed by atoms with Crippen molar-refractivity contribution < 1.29 is 0 Å². The van der Waals surface area contributed by atoms with E-state index in [4.69, 9.17) is 0 Å². The van der Waals surface area contributed by atoms with Crippen LogP contribution in [0, 0.1) is 24.3 Å². The number of hydrogen-bond donors (Lipinski definition) is 0. The molecular formula is C54H40N2. The molecule has 56 heavy (non-hydrogen) atoms. The lowest BCUT2D eigenvalue weighted by atomic mass is 9.82. The van der Waals surface area contributed by atoms with Crippen LogP contribution in [0.4, 0.5) is 34.1 Å². The van der Waals surface area contributed by atoms with Gasteiger partial charge in [-0.25, -0.2) is 0 Å². The Morgan fingerprint density at radius 2 is 0.964 bits per heavy atom. The van der Waals surface area contributed by atoms with Gasteiger partial charge < -0.3 is 9.80 Å². The fourth-order valence-electron chi connectivity index (χ4n) is 9.06. The third-order valence-corrected chi connectivity index (χ3v) is 11.9. The highest BCUT2D eigenvalue weighted by Gasteiger charge is 2.37. The van der Waals surface area contributed by atoms with Crippen molar-refractivity contribution in [3.63, 3.8) is 0 Å². The van der Waals surface area contributed by atoms with E-state index in [-0.39, 0.29) is 10.8 Å². The van der Waals surface area contributed by atoms with Crippen LogP contribution in [0.15, 0.2) is 170 Å². The molecule has 266 valence electrons. The first-order chi connectivity index (χ1) is 27.3. The molecule has 8 aromatic carbocycles. The summed E-state index contributed by atoms with van der Waals surface area (Å²) in [7, 11) is 0. The summed E-state index contributed by atoms with van der Waals surface area (Å²) < 4.78 is 0. The van der Waals surface area contributed by atoms with Crippen LogP contribution in [-0.2, 0) is 10.8 Å². The minimum atomic E-state index is -0.183.